The first-order valence-corrected chi connectivity index (χ1v) is 8.79. The number of aromatic nitrogens is 3. The van der Waals surface area contributed by atoms with Crippen LogP contribution in [0.3, 0.4) is 0 Å². The van der Waals surface area contributed by atoms with E-state index in [2.05, 4.69) is 10.3 Å². The minimum Gasteiger partial charge on any atom is -0.360 e. The number of hydrogen-bond acceptors (Lipinski definition) is 5. The summed E-state index contributed by atoms with van der Waals surface area (Å²) in [7, 11) is -1.80. The van der Waals surface area contributed by atoms with Gasteiger partial charge in [0.05, 0.1) is 11.7 Å². The van der Waals surface area contributed by atoms with E-state index in [0.29, 0.717) is 18.0 Å². The van der Waals surface area contributed by atoms with Gasteiger partial charge in [0.15, 0.2) is 5.76 Å². The van der Waals surface area contributed by atoms with Gasteiger partial charge in [-0.3, -0.25) is 4.68 Å². The van der Waals surface area contributed by atoms with Crippen LogP contribution in [0.25, 0.3) is 0 Å². The van der Waals surface area contributed by atoms with Crippen LogP contribution in [-0.2, 0) is 17.1 Å². The normalized spacial score (nSPS) is 20.4. The molecule has 2 aromatic heterocycles. The first kappa shape index (κ1) is 15.2. The average molecular weight is 324 g/mol. The molecule has 22 heavy (non-hydrogen) atoms. The maximum absolute atomic E-state index is 13.1. The molecule has 0 N–H and O–H groups in total. The van der Waals surface area contributed by atoms with Crippen LogP contribution in [0, 0.1) is 13.8 Å². The van der Waals surface area contributed by atoms with Crippen LogP contribution < -0.4 is 0 Å². The predicted octanol–water partition coefficient (Wildman–Crippen LogP) is 1.94. The van der Waals surface area contributed by atoms with E-state index in [4.69, 9.17) is 4.52 Å². The zero-order chi connectivity index (χ0) is 15.9. The summed E-state index contributed by atoms with van der Waals surface area (Å²) in [5.41, 5.74) is 1.32. The molecule has 0 radical (unpaired) electrons. The molecule has 3 rings (SSSR count). The van der Waals surface area contributed by atoms with E-state index < -0.39 is 10.0 Å². The molecule has 0 saturated carbocycles. The van der Waals surface area contributed by atoms with Crippen molar-refractivity contribution in [2.45, 2.75) is 44.0 Å². The molecule has 120 valence electrons. The van der Waals surface area contributed by atoms with Gasteiger partial charge in [-0.1, -0.05) is 11.6 Å². The number of hydrogen-bond donors (Lipinski definition) is 0. The molecule has 1 fully saturated rings. The number of nitrogens with zero attached hydrogens (tertiary/aromatic N) is 4. The van der Waals surface area contributed by atoms with Gasteiger partial charge < -0.3 is 4.52 Å². The van der Waals surface area contributed by atoms with Crippen molar-refractivity contribution in [1.29, 1.82) is 0 Å². The Kier molecular flexibility index (Phi) is 3.82. The Morgan fingerprint density at radius 3 is 2.68 bits per heavy atom. The molecule has 7 nitrogen and oxygen atoms in total. The molecule has 0 amide bonds. The number of rotatable bonds is 3. The molecule has 1 atom stereocenters. The van der Waals surface area contributed by atoms with E-state index in [-0.39, 0.29) is 10.9 Å². The molecule has 0 unspecified atom stereocenters. The molecule has 0 bridgehead atoms. The summed E-state index contributed by atoms with van der Waals surface area (Å²) in [5.74, 6) is 0.340. The highest BCUT2D eigenvalue weighted by Crippen LogP contribution is 2.36. The largest absolute Gasteiger partial charge is 0.360 e. The number of piperidine rings is 1. The van der Waals surface area contributed by atoms with E-state index >= 15 is 0 Å². The quantitative estimate of drug-likeness (QED) is 0.862. The fourth-order valence-corrected chi connectivity index (χ4v) is 5.12. The van der Waals surface area contributed by atoms with Gasteiger partial charge in [0, 0.05) is 19.8 Å². The minimum absolute atomic E-state index is 0.194. The molecule has 3 heterocycles. The van der Waals surface area contributed by atoms with Crippen molar-refractivity contribution in [1.82, 2.24) is 19.2 Å². The second kappa shape index (κ2) is 5.51. The summed E-state index contributed by atoms with van der Waals surface area (Å²) in [6.07, 6.45) is 4.35. The Morgan fingerprint density at radius 1 is 1.32 bits per heavy atom. The zero-order valence-corrected chi connectivity index (χ0v) is 13.8. The van der Waals surface area contributed by atoms with Crippen molar-refractivity contribution < 1.29 is 12.9 Å². The first-order valence-electron chi connectivity index (χ1n) is 7.35. The van der Waals surface area contributed by atoms with E-state index in [0.717, 1.165) is 25.0 Å². The third kappa shape index (κ3) is 2.36. The highest BCUT2D eigenvalue weighted by molar-refractivity contribution is 7.89. The molecule has 1 aliphatic heterocycles. The molecule has 0 spiro atoms. The van der Waals surface area contributed by atoms with Crippen molar-refractivity contribution in [3.05, 3.63) is 29.4 Å². The Labute approximate surface area is 129 Å². The topological polar surface area (TPSA) is 81.2 Å². The lowest BCUT2D eigenvalue weighted by atomic mass is 10.0. The van der Waals surface area contributed by atoms with E-state index in [1.165, 1.54) is 0 Å². The van der Waals surface area contributed by atoms with Crippen LogP contribution in [0.1, 0.15) is 42.5 Å². The molecule has 0 aliphatic carbocycles. The summed E-state index contributed by atoms with van der Waals surface area (Å²) >= 11 is 0. The van der Waals surface area contributed by atoms with Crippen LogP contribution >= 0.6 is 0 Å². The summed E-state index contributed by atoms with van der Waals surface area (Å²) in [6.45, 7) is 3.80. The Bertz CT molecular complexity index is 758. The third-order valence-corrected chi connectivity index (χ3v) is 6.34. The lowest BCUT2D eigenvalue weighted by Gasteiger charge is -2.34. The van der Waals surface area contributed by atoms with Crippen molar-refractivity contribution in [2.75, 3.05) is 6.54 Å². The van der Waals surface area contributed by atoms with Crippen molar-refractivity contribution >= 4 is 10.0 Å². The van der Waals surface area contributed by atoms with Gasteiger partial charge in [0.25, 0.3) is 0 Å². The van der Waals surface area contributed by atoms with Crippen LogP contribution in [0.15, 0.2) is 21.7 Å². The molecular weight excluding hydrogens is 304 g/mol. The fourth-order valence-electron chi connectivity index (χ4n) is 3.16. The maximum Gasteiger partial charge on any atom is 0.249 e. The number of aryl methyl sites for hydroxylation is 3. The smallest absolute Gasteiger partial charge is 0.249 e. The maximum atomic E-state index is 13.1. The van der Waals surface area contributed by atoms with Crippen LogP contribution in [0.2, 0.25) is 0 Å². The van der Waals surface area contributed by atoms with Crippen LogP contribution in [0.4, 0.5) is 0 Å². The van der Waals surface area contributed by atoms with Crippen LogP contribution in [-0.4, -0.2) is 34.2 Å². The summed E-state index contributed by atoms with van der Waals surface area (Å²) in [4.78, 5) is 0.196. The zero-order valence-electron chi connectivity index (χ0n) is 13.0. The molecule has 1 saturated heterocycles. The third-order valence-electron chi connectivity index (χ3n) is 4.19. The fraction of sp³-hybridized carbons (Fsp3) is 0.571. The second-order valence-electron chi connectivity index (χ2n) is 5.66. The molecule has 0 aromatic carbocycles. The van der Waals surface area contributed by atoms with Gasteiger partial charge in [-0.25, -0.2) is 8.42 Å². The van der Waals surface area contributed by atoms with E-state index in [1.54, 1.807) is 29.0 Å². The van der Waals surface area contributed by atoms with Gasteiger partial charge in [-0.15, -0.1) is 0 Å². The lowest BCUT2D eigenvalue weighted by Crippen LogP contribution is -2.39. The lowest BCUT2D eigenvalue weighted by molar-refractivity contribution is 0.245. The molecule has 2 aromatic rings. The molecular formula is C14H20N4O3S. The van der Waals surface area contributed by atoms with Gasteiger partial charge in [0.1, 0.15) is 10.6 Å². The standard InChI is InChI=1S/C14H20N4O3S/c1-10-14(11(2)21-16-10)22(19,20)18-9-5-4-6-13(18)12-7-8-15-17(12)3/h7-8,13H,4-6,9H2,1-3H3/t13-/m1/s1. The molecule has 8 heteroatoms. The monoisotopic (exact) mass is 324 g/mol. The Hall–Kier alpha value is -1.67. The van der Waals surface area contributed by atoms with Gasteiger partial charge >= 0.3 is 0 Å². The van der Waals surface area contributed by atoms with Crippen molar-refractivity contribution in [3.63, 3.8) is 0 Å². The summed E-state index contributed by atoms with van der Waals surface area (Å²) in [6, 6.07) is 1.69. The number of sulfonamides is 1. The predicted molar refractivity (Wildman–Crippen MR) is 79.7 cm³/mol. The van der Waals surface area contributed by atoms with Gasteiger partial charge in [-0.2, -0.15) is 9.40 Å². The SMILES string of the molecule is Cc1noc(C)c1S(=O)(=O)N1CCCC[C@@H]1c1ccnn1C. The molecule has 1 aliphatic rings. The van der Waals surface area contributed by atoms with Gasteiger partial charge in [-0.05, 0) is 32.8 Å². The highest BCUT2D eigenvalue weighted by Gasteiger charge is 2.38. The summed E-state index contributed by atoms with van der Waals surface area (Å²) < 4.78 is 34.6. The second-order valence-corrected chi connectivity index (χ2v) is 7.49. The first-order chi connectivity index (χ1) is 10.4. The summed E-state index contributed by atoms with van der Waals surface area (Å²) in [5, 5.41) is 7.95. The van der Waals surface area contributed by atoms with E-state index in [1.807, 2.05) is 13.1 Å². The Balaban J connectivity index is 2.06. The Morgan fingerprint density at radius 2 is 2.09 bits per heavy atom. The van der Waals surface area contributed by atoms with Crippen LogP contribution in [0.5, 0.6) is 0 Å². The minimum atomic E-state index is -3.64. The highest BCUT2D eigenvalue weighted by atomic mass is 32.2. The average Bonchev–Trinajstić information content (AvgIpc) is 3.05. The van der Waals surface area contributed by atoms with Gasteiger partial charge in [0.2, 0.25) is 10.0 Å². The van der Waals surface area contributed by atoms with Crippen molar-refractivity contribution in [2.24, 2.45) is 7.05 Å². The van der Waals surface area contributed by atoms with E-state index in [9.17, 15) is 8.42 Å². The van der Waals surface area contributed by atoms with Crippen molar-refractivity contribution in [3.8, 4) is 0 Å².